The monoisotopic (exact) mass is 407 g/mol. The van der Waals surface area contributed by atoms with E-state index >= 15 is 0 Å². The third-order valence-electron chi connectivity index (χ3n) is 3.53. The molecule has 0 spiro atoms. The number of hydrogen-bond acceptors (Lipinski definition) is 6. The number of carbonyl (C=O) groups excluding carboxylic acids is 2. The summed E-state index contributed by atoms with van der Waals surface area (Å²) >= 11 is 8.94. The lowest BCUT2D eigenvalue weighted by molar-refractivity contribution is 0.0594. The van der Waals surface area contributed by atoms with Crippen molar-refractivity contribution in [2.45, 2.75) is 4.90 Å². The van der Waals surface area contributed by atoms with Crippen LogP contribution in [-0.2, 0) is 4.74 Å². The topological polar surface area (TPSA) is 84.1 Å². The molecule has 0 bridgehead atoms. The average Bonchev–Trinajstić information content (AvgIpc) is 3.30. The number of nitrogens with one attached hydrogen (secondary N) is 2. The van der Waals surface area contributed by atoms with Crippen molar-refractivity contribution in [2.24, 2.45) is 0 Å². The molecular formula is C17H14ClN3O3S2. The predicted molar refractivity (Wildman–Crippen MR) is 104 cm³/mol. The number of methoxy groups -OCH3 is 1. The van der Waals surface area contributed by atoms with E-state index in [1.54, 1.807) is 29.8 Å². The van der Waals surface area contributed by atoms with E-state index in [2.05, 4.69) is 20.0 Å². The summed E-state index contributed by atoms with van der Waals surface area (Å²) in [5.74, 6) is -0.778. The highest BCUT2D eigenvalue weighted by molar-refractivity contribution is 7.98. The first-order valence-electron chi connectivity index (χ1n) is 7.39. The molecule has 6 nitrogen and oxygen atoms in total. The number of aromatic nitrogens is 2. The second-order valence-electron chi connectivity index (χ2n) is 5.13. The van der Waals surface area contributed by atoms with Crippen molar-refractivity contribution in [3.05, 3.63) is 52.1 Å². The Morgan fingerprint density at radius 1 is 1.35 bits per heavy atom. The molecule has 2 N–H and O–H groups in total. The van der Waals surface area contributed by atoms with Crippen LogP contribution in [0.2, 0.25) is 5.02 Å². The van der Waals surface area contributed by atoms with Crippen LogP contribution in [0.25, 0.3) is 11.3 Å². The molecule has 26 heavy (non-hydrogen) atoms. The fourth-order valence-electron chi connectivity index (χ4n) is 2.20. The molecule has 3 rings (SSSR count). The minimum absolute atomic E-state index is 0.323. The van der Waals surface area contributed by atoms with Crippen molar-refractivity contribution in [1.82, 2.24) is 9.97 Å². The maximum Gasteiger partial charge on any atom is 0.354 e. The first-order valence-corrected chi connectivity index (χ1v) is 9.87. The molecule has 1 amide bonds. The Hall–Kier alpha value is -2.29. The number of rotatable bonds is 5. The normalized spacial score (nSPS) is 10.6. The van der Waals surface area contributed by atoms with E-state index in [4.69, 9.17) is 11.6 Å². The molecule has 0 saturated heterocycles. The van der Waals surface area contributed by atoms with Gasteiger partial charge in [-0.25, -0.2) is 9.78 Å². The van der Waals surface area contributed by atoms with Gasteiger partial charge in [0.25, 0.3) is 5.91 Å². The molecule has 2 aromatic heterocycles. The highest BCUT2D eigenvalue weighted by atomic mass is 35.5. The summed E-state index contributed by atoms with van der Waals surface area (Å²) in [5.41, 5.74) is 2.09. The number of amides is 1. The van der Waals surface area contributed by atoms with Gasteiger partial charge in [0.2, 0.25) is 0 Å². The van der Waals surface area contributed by atoms with Crippen molar-refractivity contribution in [1.29, 1.82) is 0 Å². The maximum absolute atomic E-state index is 12.5. The number of ether oxygens (including phenoxy) is 1. The number of thiazole rings is 1. The number of carbonyl (C=O) groups is 2. The van der Waals surface area contributed by atoms with Crippen LogP contribution >= 0.6 is 34.7 Å². The lowest BCUT2D eigenvalue weighted by Gasteiger charge is -2.06. The molecule has 1 aromatic carbocycles. The van der Waals surface area contributed by atoms with Crippen LogP contribution in [0.3, 0.4) is 0 Å². The molecule has 2 heterocycles. The van der Waals surface area contributed by atoms with Gasteiger partial charge in [0, 0.05) is 22.0 Å². The molecule has 0 aliphatic carbocycles. The molecule has 0 atom stereocenters. The number of esters is 1. The van der Waals surface area contributed by atoms with Crippen LogP contribution in [0.5, 0.6) is 0 Å². The van der Waals surface area contributed by atoms with Gasteiger partial charge in [-0.3, -0.25) is 10.1 Å². The number of benzene rings is 1. The average molecular weight is 408 g/mol. The van der Waals surface area contributed by atoms with Crippen LogP contribution in [-0.4, -0.2) is 35.2 Å². The highest BCUT2D eigenvalue weighted by Crippen LogP contribution is 2.28. The maximum atomic E-state index is 12.5. The Morgan fingerprint density at radius 2 is 2.15 bits per heavy atom. The first-order chi connectivity index (χ1) is 12.5. The number of H-pyrrole nitrogens is 1. The fourth-order valence-corrected chi connectivity index (χ4v) is 3.56. The number of hydrogen-bond donors (Lipinski definition) is 2. The number of thioether (sulfide) groups is 1. The standard InChI is InChI=1S/C17H14ClN3O3S2/c1-24-16(23)13-5-9(7-19-13)14-8-26-17(20-14)21-15(22)11-6-10(25-2)3-4-12(11)18/h3-8,19H,1-2H3,(H,20,21,22). The Bertz CT molecular complexity index is 968. The van der Waals surface area contributed by atoms with E-state index in [-0.39, 0.29) is 5.91 Å². The third-order valence-corrected chi connectivity index (χ3v) is 5.34. The van der Waals surface area contributed by atoms with Gasteiger partial charge in [-0.2, -0.15) is 0 Å². The first kappa shape index (κ1) is 18.5. The minimum atomic E-state index is -0.455. The zero-order chi connectivity index (χ0) is 18.7. The summed E-state index contributed by atoms with van der Waals surface area (Å²) in [6.07, 6.45) is 3.59. The van der Waals surface area contributed by atoms with Gasteiger partial charge in [-0.05, 0) is 30.5 Å². The molecule has 9 heteroatoms. The SMILES string of the molecule is COC(=O)c1cc(-c2csc(NC(=O)c3cc(SC)ccc3Cl)n2)c[nH]1. The largest absolute Gasteiger partial charge is 0.464 e. The van der Waals surface area contributed by atoms with E-state index in [0.717, 1.165) is 10.5 Å². The Kier molecular flexibility index (Phi) is 5.65. The molecule has 0 saturated carbocycles. The quantitative estimate of drug-likeness (QED) is 0.478. The van der Waals surface area contributed by atoms with E-state index in [9.17, 15) is 9.59 Å². The fraction of sp³-hybridized carbons (Fsp3) is 0.118. The van der Waals surface area contributed by atoms with Crippen LogP contribution < -0.4 is 5.32 Å². The molecule has 0 radical (unpaired) electrons. The van der Waals surface area contributed by atoms with E-state index in [1.807, 2.05) is 12.3 Å². The van der Waals surface area contributed by atoms with Crippen molar-refractivity contribution >= 4 is 51.7 Å². The third kappa shape index (κ3) is 3.92. The number of halogens is 1. The smallest absolute Gasteiger partial charge is 0.354 e. The van der Waals surface area contributed by atoms with Crippen molar-refractivity contribution in [3.63, 3.8) is 0 Å². The summed E-state index contributed by atoms with van der Waals surface area (Å²) in [7, 11) is 1.32. The lowest BCUT2D eigenvalue weighted by Crippen LogP contribution is -2.12. The van der Waals surface area contributed by atoms with E-state index in [1.165, 1.54) is 30.2 Å². The van der Waals surface area contributed by atoms with Gasteiger partial charge in [-0.15, -0.1) is 23.1 Å². The highest BCUT2D eigenvalue weighted by Gasteiger charge is 2.15. The molecule has 134 valence electrons. The van der Waals surface area contributed by atoms with Gasteiger partial charge in [-0.1, -0.05) is 11.6 Å². The molecule has 0 aliphatic heterocycles. The van der Waals surface area contributed by atoms with Gasteiger partial charge < -0.3 is 9.72 Å². The summed E-state index contributed by atoms with van der Waals surface area (Å²) in [6, 6.07) is 6.94. The van der Waals surface area contributed by atoms with Gasteiger partial charge in [0.15, 0.2) is 5.13 Å². The van der Waals surface area contributed by atoms with Crippen molar-refractivity contribution in [3.8, 4) is 11.3 Å². The second kappa shape index (κ2) is 7.94. The molecule has 0 fully saturated rings. The van der Waals surface area contributed by atoms with Gasteiger partial charge in [0.1, 0.15) is 5.69 Å². The predicted octanol–water partition coefficient (Wildman–Crippen LogP) is 4.55. The van der Waals surface area contributed by atoms with Gasteiger partial charge >= 0.3 is 5.97 Å². The van der Waals surface area contributed by atoms with Crippen LogP contribution in [0.1, 0.15) is 20.8 Å². The van der Waals surface area contributed by atoms with Crippen LogP contribution in [0, 0.1) is 0 Å². The van der Waals surface area contributed by atoms with E-state index in [0.29, 0.717) is 27.1 Å². The van der Waals surface area contributed by atoms with Crippen LogP contribution in [0.15, 0.2) is 40.7 Å². The molecular weight excluding hydrogens is 394 g/mol. The van der Waals surface area contributed by atoms with Crippen molar-refractivity contribution < 1.29 is 14.3 Å². The summed E-state index contributed by atoms with van der Waals surface area (Å²) in [4.78, 5) is 32.1. The molecule has 3 aromatic rings. The zero-order valence-electron chi connectivity index (χ0n) is 13.8. The second-order valence-corrected chi connectivity index (χ2v) is 7.28. The zero-order valence-corrected chi connectivity index (χ0v) is 16.2. The lowest BCUT2D eigenvalue weighted by atomic mass is 10.2. The Morgan fingerprint density at radius 3 is 2.88 bits per heavy atom. The number of aromatic amines is 1. The molecule has 0 aliphatic rings. The van der Waals surface area contributed by atoms with Crippen LogP contribution in [0.4, 0.5) is 5.13 Å². The van der Waals surface area contributed by atoms with Gasteiger partial charge in [0.05, 0.1) is 23.4 Å². The number of nitrogens with zero attached hydrogens (tertiary/aromatic N) is 1. The Labute approximate surface area is 162 Å². The summed E-state index contributed by atoms with van der Waals surface area (Å²) < 4.78 is 4.66. The summed E-state index contributed by atoms with van der Waals surface area (Å²) in [5, 5.41) is 5.37. The Balaban J connectivity index is 1.77. The van der Waals surface area contributed by atoms with Crippen molar-refractivity contribution in [2.75, 3.05) is 18.7 Å². The summed E-state index contributed by atoms with van der Waals surface area (Å²) in [6.45, 7) is 0. The number of anilines is 1. The molecule has 0 unspecified atom stereocenters. The van der Waals surface area contributed by atoms with E-state index < -0.39 is 5.97 Å². The minimum Gasteiger partial charge on any atom is -0.464 e.